The highest BCUT2D eigenvalue weighted by Gasteiger charge is 2.10. The molecule has 0 bridgehead atoms. The average Bonchev–Trinajstić information content (AvgIpc) is 3.23. The molecule has 2 N–H and O–H groups in total. The average molecular weight is 364 g/mol. The van der Waals surface area contributed by atoms with Crippen molar-refractivity contribution in [2.24, 2.45) is 7.05 Å². The summed E-state index contributed by atoms with van der Waals surface area (Å²) in [5.74, 6) is 1.88. The Labute approximate surface area is 155 Å². The van der Waals surface area contributed by atoms with E-state index in [2.05, 4.69) is 56.0 Å². The molecule has 0 spiro atoms. The fourth-order valence-electron chi connectivity index (χ4n) is 2.89. The lowest BCUT2D eigenvalue weighted by Gasteiger charge is -2.08. The number of thiophene rings is 1. The lowest BCUT2D eigenvalue weighted by atomic mass is 10.2. The largest absolute Gasteiger partial charge is 0.369 e. The molecule has 7 heteroatoms. The fourth-order valence-corrected chi connectivity index (χ4v) is 3.89. The monoisotopic (exact) mass is 364 g/mol. The van der Waals surface area contributed by atoms with E-state index in [1.807, 2.05) is 30.8 Å². The molecule has 0 radical (unpaired) electrons. The van der Waals surface area contributed by atoms with E-state index in [0.29, 0.717) is 0 Å². The minimum absolute atomic E-state index is 0.757. The van der Waals surface area contributed by atoms with Crippen molar-refractivity contribution in [2.45, 2.75) is 6.92 Å². The maximum atomic E-state index is 4.42. The van der Waals surface area contributed by atoms with Gasteiger partial charge in [0.1, 0.15) is 22.8 Å². The van der Waals surface area contributed by atoms with Gasteiger partial charge in [-0.1, -0.05) is 30.3 Å². The number of aromatic nitrogens is 4. The van der Waals surface area contributed by atoms with Crippen LogP contribution in [-0.4, -0.2) is 32.8 Å². The molecule has 0 saturated heterocycles. The highest BCUT2D eigenvalue weighted by Crippen LogP contribution is 2.34. The third kappa shape index (κ3) is 3.39. The van der Waals surface area contributed by atoms with E-state index < -0.39 is 0 Å². The van der Waals surface area contributed by atoms with Gasteiger partial charge in [0.25, 0.3) is 0 Å². The third-order valence-corrected chi connectivity index (χ3v) is 5.21. The van der Waals surface area contributed by atoms with E-state index in [1.54, 1.807) is 17.7 Å². The van der Waals surface area contributed by atoms with Crippen molar-refractivity contribution in [2.75, 3.05) is 23.7 Å². The fraction of sp³-hybridized carbons (Fsp3) is 0.211. The topological polar surface area (TPSA) is 67.7 Å². The van der Waals surface area contributed by atoms with E-state index >= 15 is 0 Å². The van der Waals surface area contributed by atoms with E-state index in [4.69, 9.17) is 0 Å². The van der Waals surface area contributed by atoms with E-state index in [0.717, 1.165) is 40.6 Å². The molecule has 0 fully saturated rings. The normalized spacial score (nSPS) is 11.0. The summed E-state index contributed by atoms with van der Waals surface area (Å²) in [6, 6.07) is 14.6. The van der Waals surface area contributed by atoms with Gasteiger partial charge in [0.05, 0.1) is 11.1 Å². The van der Waals surface area contributed by atoms with E-state index in [-0.39, 0.29) is 0 Å². The molecule has 1 aromatic carbocycles. The summed E-state index contributed by atoms with van der Waals surface area (Å²) in [6.45, 7) is 3.52. The Morgan fingerprint density at radius 3 is 2.62 bits per heavy atom. The summed E-state index contributed by atoms with van der Waals surface area (Å²) in [6.07, 6.45) is 1.62. The molecule has 0 aliphatic carbocycles. The Balaban J connectivity index is 1.46. The predicted molar refractivity (Wildman–Crippen MR) is 108 cm³/mol. The highest BCUT2D eigenvalue weighted by atomic mass is 32.1. The molecule has 0 unspecified atom stereocenters. The molecular formula is C19H20N6S. The number of hydrogen-bond acceptors (Lipinski definition) is 6. The van der Waals surface area contributed by atoms with Crippen LogP contribution in [-0.2, 0) is 7.05 Å². The van der Waals surface area contributed by atoms with Gasteiger partial charge in [-0.2, -0.15) is 5.10 Å². The Hall–Kier alpha value is -2.93. The number of hydrogen-bond donors (Lipinski definition) is 2. The molecule has 4 aromatic rings. The Morgan fingerprint density at radius 1 is 1.04 bits per heavy atom. The summed E-state index contributed by atoms with van der Waals surface area (Å²) in [5, 5.41) is 12.2. The van der Waals surface area contributed by atoms with Crippen molar-refractivity contribution in [3.05, 3.63) is 54.5 Å². The van der Waals surface area contributed by atoms with Crippen LogP contribution in [0.3, 0.4) is 0 Å². The van der Waals surface area contributed by atoms with Gasteiger partial charge in [-0.15, -0.1) is 11.3 Å². The van der Waals surface area contributed by atoms with Crippen LogP contribution >= 0.6 is 11.3 Å². The Morgan fingerprint density at radius 2 is 1.85 bits per heavy atom. The number of rotatable bonds is 6. The van der Waals surface area contributed by atoms with Crippen LogP contribution in [0.25, 0.3) is 20.7 Å². The Kier molecular flexibility index (Phi) is 4.53. The van der Waals surface area contributed by atoms with Crippen LogP contribution in [0.4, 0.5) is 11.6 Å². The van der Waals surface area contributed by atoms with Gasteiger partial charge in [0.2, 0.25) is 0 Å². The lowest BCUT2D eigenvalue weighted by molar-refractivity contribution is 0.758. The second-order valence-electron chi connectivity index (χ2n) is 6.07. The molecule has 0 atom stereocenters. The first-order valence-electron chi connectivity index (χ1n) is 8.49. The van der Waals surface area contributed by atoms with Crippen molar-refractivity contribution in [1.82, 2.24) is 19.7 Å². The smallest absolute Gasteiger partial charge is 0.138 e. The van der Waals surface area contributed by atoms with Crippen LogP contribution < -0.4 is 10.6 Å². The van der Waals surface area contributed by atoms with Crippen molar-refractivity contribution in [3.63, 3.8) is 0 Å². The molecule has 26 heavy (non-hydrogen) atoms. The maximum Gasteiger partial charge on any atom is 0.138 e. The molecule has 4 rings (SSSR count). The van der Waals surface area contributed by atoms with Crippen LogP contribution in [0.2, 0.25) is 0 Å². The molecule has 0 amide bonds. The van der Waals surface area contributed by atoms with Gasteiger partial charge in [-0.3, -0.25) is 4.68 Å². The zero-order chi connectivity index (χ0) is 17.9. The molecule has 0 aliphatic heterocycles. The maximum absolute atomic E-state index is 4.42. The first-order chi connectivity index (χ1) is 12.7. The quantitative estimate of drug-likeness (QED) is 0.508. The summed E-state index contributed by atoms with van der Waals surface area (Å²) >= 11 is 1.69. The zero-order valence-corrected chi connectivity index (χ0v) is 15.5. The van der Waals surface area contributed by atoms with Crippen LogP contribution in [0, 0.1) is 6.92 Å². The number of nitrogens with one attached hydrogen (secondary N) is 2. The van der Waals surface area contributed by atoms with Crippen molar-refractivity contribution >= 4 is 33.2 Å². The van der Waals surface area contributed by atoms with Gasteiger partial charge in [-0.25, -0.2) is 9.97 Å². The van der Waals surface area contributed by atoms with Crippen molar-refractivity contribution in [3.8, 4) is 10.4 Å². The van der Waals surface area contributed by atoms with Gasteiger partial charge in [-0.05, 0) is 18.6 Å². The number of nitrogens with zero attached hydrogens (tertiary/aromatic N) is 4. The summed E-state index contributed by atoms with van der Waals surface area (Å²) in [4.78, 5) is 11.0. The second kappa shape index (κ2) is 7.13. The van der Waals surface area contributed by atoms with Crippen LogP contribution in [0.1, 0.15) is 5.69 Å². The van der Waals surface area contributed by atoms with Crippen LogP contribution in [0.5, 0.6) is 0 Å². The molecule has 6 nitrogen and oxygen atoms in total. The third-order valence-electron chi connectivity index (χ3n) is 4.11. The number of fused-ring (bicyclic) bond motifs is 1. The first-order valence-corrected chi connectivity index (χ1v) is 9.31. The summed E-state index contributed by atoms with van der Waals surface area (Å²) < 4.78 is 1.85. The van der Waals surface area contributed by atoms with E-state index in [9.17, 15) is 0 Å². The summed E-state index contributed by atoms with van der Waals surface area (Å²) in [5.41, 5.74) is 2.21. The van der Waals surface area contributed by atoms with Crippen LogP contribution in [0.15, 0.2) is 48.8 Å². The van der Waals surface area contributed by atoms with Gasteiger partial charge in [0, 0.05) is 31.1 Å². The standard InChI is InChI=1S/C19H20N6S/c1-13-10-17(25(2)24-13)20-8-9-21-18-15-11-16(14-6-4-3-5-7-14)26-19(15)23-12-22-18/h3-7,10-12,20H,8-9H2,1-2H3,(H,21,22,23). The highest BCUT2D eigenvalue weighted by molar-refractivity contribution is 7.21. The number of aryl methyl sites for hydroxylation is 2. The number of anilines is 2. The zero-order valence-electron chi connectivity index (χ0n) is 14.7. The van der Waals surface area contributed by atoms with Crippen molar-refractivity contribution < 1.29 is 0 Å². The lowest BCUT2D eigenvalue weighted by Crippen LogP contribution is -2.16. The van der Waals surface area contributed by atoms with Gasteiger partial charge < -0.3 is 10.6 Å². The Bertz CT molecular complexity index is 1020. The van der Waals surface area contributed by atoms with Crippen molar-refractivity contribution in [1.29, 1.82) is 0 Å². The first kappa shape index (κ1) is 16.5. The molecule has 0 saturated carbocycles. The second-order valence-corrected chi connectivity index (χ2v) is 7.10. The number of benzene rings is 1. The molecule has 3 heterocycles. The molecule has 3 aromatic heterocycles. The SMILES string of the molecule is Cc1cc(NCCNc2ncnc3sc(-c4ccccc4)cc23)n(C)n1. The summed E-state index contributed by atoms with van der Waals surface area (Å²) in [7, 11) is 1.94. The minimum Gasteiger partial charge on any atom is -0.369 e. The predicted octanol–water partition coefficient (Wildman–Crippen LogP) is 3.92. The van der Waals surface area contributed by atoms with E-state index in [1.165, 1.54) is 10.4 Å². The molecular weight excluding hydrogens is 344 g/mol. The van der Waals surface area contributed by atoms with Gasteiger partial charge in [0.15, 0.2) is 0 Å². The molecule has 0 aliphatic rings. The van der Waals surface area contributed by atoms with Gasteiger partial charge >= 0.3 is 0 Å². The minimum atomic E-state index is 0.757. The molecule has 132 valence electrons.